The topological polar surface area (TPSA) is 46.6 Å². The Kier molecular flexibility index (Phi) is 2.31. The largest absolute Gasteiger partial charge is 0.376 e. The molecule has 1 amide bonds. The first-order valence-electron chi connectivity index (χ1n) is 5.00. The molecule has 2 aliphatic rings. The highest BCUT2D eigenvalue weighted by Gasteiger charge is 2.41. The van der Waals surface area contributed by atoms with Gasteiger partial charge in [-0.25, -0.2) is 0 Å². The summed E-state index contributed by atoms with van der Waals surface area (Å²) in [5.74, 6) is -0.0149. The molecule has 0 atom stereocenters. The number of ether oxygens (including phenoxy) is 1. The first kappa shape index (κ1) is 9.65. The van der Waals surface area contributed by atoms with Gasteiger partial charge < -0.3 is 9.64 Å². The second kappa shape index (κ2) is 3.35. The highest BCUT2D eigenvalue weighted by molar-refractivity contribution is 6.05. The van der Waals surface area contributed by atoms with E-state index in [1.54, 1.807) is 12.0 Å². The van der Waals surface area contributed by atoms with E-state index in [2.05, 4.69) is 0 Å². The van der Waals surface area contributed by atoms with Crippen LogP contribution in [0.1, 0.15) is 25.7 Å². The van der Waals surface area contributed by atoms with Gasteiger partial charge in [0, 0.05) is 7.11 Å². The van der Waals surface area contributed by atoms with E-state index in [9.17, 15) is 9.59 Å². The van der Waals surface area contributed by atoms with E-state index >= 15 is 0 Å². The molecule has 0 bridgehead atoms. The Morgan fingerprint density at radius 2 is 2.14 bits per heavy atom. The Balaban J connectivity index is 1.96. The normalized spacial score (nSPS) is 25.4. The predicted octanol–water partition coefficient (Wildman–Crippen LogP) is 0.357. The molecule has 0 unspecified atom stereocenters. The molecule has 14 heavy (non-hydrogen) atoms. The first-order chi connectivity index (χ1) is 6.65. The molecule has 0 spiro atoms. The molecular formula is C10H15NO3. The van der Waals surface area contributed by atoms with Gasteiger partial charge in [-0.05, 0) is 19.3 Å². The maximum Gasteiger partial charge on any atom is 0.230 e. The minimum Gasteiger partial charge on any atom is -0.376 e. The summed E-state index contributed by atoms with van der Waals surface area (Å²) in [6.45, 7) is 0.873. The van der Waals surface area contributed by atoms with Crippen LogP contribution < -0.4 is 0 Å². The molecule has 4 heteroatoms. The van der Waals surface area contributed by atoms with Crippen LogP contribution in [0.4, 0.5) is 0 Å². The van der Waals surface area contributed by atoms with Crippen molar-refractivity contribution < 1.29 is 14.3 Å². The maximum atomic E-state index is 11.4. The number of carbonyl (C=O) groups is 2. The van der Waals surface area contributed by atoms with Gasteiger partial charge in [-0.3, -0.25) is 9.59 Å². The lowest BCUT2D eigenvalue weighted by molar-refractivity contribution is -0.136. The van der Waals surface area contributed by atoms with E-state index in [-0.39, 0.29) is 30.3 Å². The Hall–Kier alpha value is -0.900. The fourth-order valence-corrected chi connectivity index (χ4v) is 2.13. The number of methoxy groups -OCH3 is 1. The van der Waals surface area contributed by atoms with Crippen LogP contribution in [-0.2, 0) is 14.3 Å². The Morgan fingerprint density at radius 3 is 2.50 bits per heavy atom. The average molecular weight is 197 g/mol. The van der Waals surface area contributed by atoms with E-state index in [4.69, 9.17) is 4.74 Å². The molecule has 0 aromatic carbocycles. The van der Waals surface area contributed by atoms with Crippen molar-refractivity contribution in [2.75, 3.05) is 20.2 Å². The second-order valence-corrected chi connectivity index (χ2v) is 4.21. The average Bonchev–Trinajstić information content (AvgIpc) is 2.38. The van der Waals surface area contributed by atoms with Gasteiger partial charge >= 0.3 is 0 Å². The molecule has 1 aliphatic heterocycles. The molecule has 0 aromatic heterocycles. The van der Waals surface area contributed by atoms with Crippen LogP contribution >= 0.6 is 0 Å². The van der Waals surface area contributed by atoms with Gasteiger partial charge in [-0.2, -0.15) is 0 Å². The van der Waals surface area contributed by atoms with Crippen molar-refractivity contribution >= 4 is 11.7 Å². The van der Waals surface area contributed by atoms with E-state index < -0.39 is 0 Å². The van der Waals surface area contributed by atoms with Crippen molar-refractivity contribution in [3.05, 3.63) is 0 Å². The number of hydrogen-bond donors (Lipinski definition) is 0. The fourth-order valence-electron chi connectivity index (χ4n) is 2.13. The molecule has 2 rings (SSSR count). The van der Waals surface area contributed by atoms with Crippen LogP contribution in [0.15, 0.2) is 0 Å². The van der Waals surface area contributed by atoms with E-state index in [1.165, 1.54) is 0 Å². The zero-order valence-electron chi connectivity index (χ0n) is 8.41. The Labute approximate surface area is 83.2 Å². The van der Waals surface area contributed by atoms with Gasteiger partial charge in [0.1, 0.15) is 0 Å². The SMILES string of the molecule is COC1(CN2CC(=O)CC2=O)CCC1. The summed E-state index contributed by atoms with van der Waals surface area (Å²) in [5.41, 5.74) is -0.153. The lowest BCUT2D eigenvalue weighted by atomic mass is 9.79. The number of Topliss-reactive ketones (excluding diaryl/α,β-unsaturated/α-hetero) is 1. The molecule has 1 saturated carbocycles. The first-order valence-corrected chi connectivity index (χ1v) is 5.00. The van der Waals surface area contributed by atoms with Gasteiger partial charge in [-0.1, -0.05) is 0 Å². The summed E-state index contributed by atoms with van der Waals surface area (Å²) in [6.07, 6.45) is 3.24. The molecule has 0 aromatic rings. The maximum absolute atomic E-state index is 11.4. The molecule has 2 fully saturated rings. The lowest BCUT2D eigenvalue weighted by Gasteiger charge is -2.42. The zero-order valence-corrected chi connectivity index (χ0v) is 8.41. The monoisotopic (exact) mass is 197 g/mol. The van der Waals surface area contributed by atoms with Crippen molar-refractivity contribution in [1.29, 1.82) is 0 Å². The van der Waals surface area contributed by atoms with Crippen LogP contribution in [0.2, 0.25) is 0 Å². The quantitative estimate of drug-likeness (QED) is 0.613. The molecule has 0 N–H and O–H groups in total. The summed E-state index contributed by atoms with van der Waals surface area (Å²) >= 11 is 0. The standard InChI is InChI=1S/C10H15NO3/c1-14-10(3-2-4-10)7-11-6-8(12)5-9(11)13/h2-7H2,1H3. The summed E-state index contributed by atoms with van der Waals surface area (Å²) in [6, 6.07) is 0. The third kappa shape index (κ3) is 1.54. The second-order valence-electron chi connectivity index (χ2n) is 4.21. The Morgan fingerprint density at radius 1 is 1.43 bits per heavy atom. The zero-order chi connectivity index (χ0) is 10.2. The van der Waals surface area contributed by atoms with Gasteiger partial charge in [0.2, 0.25) is 5.91 Å². The number of ketones is 1. The van der Waals surface area contributed by atoms with Gasteiger partial charge in [0.05, 0.1) is 25.1 Å². The molecular weight excluding hydrogens is 182 g/mol. The lowest BCUT2D eigenvalue weighted by Crippen LogP contribution is -2.50. The van der Waals surface area contributed by atoms with Gasteiger partial charge in [0.15, 0.2) is 5.78 Å². The summed E-state index contributed by atoms with van der Waals surface area (Å²) in [7, 11) is 1.68. The van der Waals surface area contributed by atoms with E-state index in [1.807, 2.05) is 0 Å². The van der Waals surface area contributed by atoms with Crippen molar-refractivity contribution in [2.24, 2.45) is 0 Å². The summed E-state index contributed by atoms with van der Waals surface area (Å²) in [5, 5.41) is 0. The summed E-state index contributed by atoms with van der Waals surface area (Å²) in [4.78, 5) is 24.0. The van der Waals surface area contributed by atoms with Crippen LogP contribution in [-0.4, -0.2) is 42.4 Å². The van der Waals surface area contributed by atoms with Crippen LogP contribution in [0.5, 0.6) is 0 Å². The van der Waals surface area contributed by atoms with E-state index in [0.717, 1.165) is 19.3 Å². The summed E-state index contributed by atoms with van der Waals surface area (Å²) < 4.78 is 5.41. The van der Waals surface area contributed by atoms with Crippen LogP contribution in [0, 0.1) is 0 Å². The highest BCUT2D eigenvalue weighted by atomic mass is 16.5. The molecule has 1 heterocycles. The van der Waals surface area contributed by atoms with Crippen molar-refractivity contribution in [3.63, 3.8) is 0 Å². The minimum atomic E-state index is -0.153. The van der Waals surface area contributed by atoms with E-state index in [0.29, 0.717) is 6.54 Å². The smallest absolute Gasteiger partial charge is 0.230 e. The number of amides is 1. The Bertz CT molecular complexity index is 265. The third-order valence-corrected chi connectivity index (χ3v) is 3.25. The molecule has 1 saturated heterocycles. The molecule has 0 radical (unpaired) electrons. The van der Waals surface area contributed by atoms with Crippen LogP contribution in [0.3, 0.4) is 0 Å². The van der Waals surface area contributed by atoms with Gasteiger partial charge in [0.25, 0.3) is 0 Å². The number of nitrogens with zero attached hydrogens (tertiary/aromatic N) is 1. The number of carbonyl (C=O) groups excluding carboxylic acids is 2. The number of likely N-dealkylation sites (tertiary alicyclic amines) is 1. The third-order valence-electron chi connectivity index (χ3n) is 3.25. The van der Waals surface area contributed by atoms with Gasteiger partial charge in [-0.15, -0.1) is 0 Å². The molecule has 1 aliphatic carbocycles. The predicted molar refractivity (Wildman–Crippen MR) is 49.8 cm³/mol. The highest BCUT2D eigenvalue weighted by Crippen LogP contribution is 2.36. The fraction of sp³-hybridized carbons (Fsp3) is 0.800. The number of hydrogen-bond acceptors (Lipinski definition) is 3. The van der Waals surface area contributed by atoms with Crippen molar-refractivity contribution in [3.8, 4) is 0 Å². The van der Waals surface area contributed by atoms with Crippen LogP contribution in [0.25, 0.3) is 0 Å². The molecule has 78 valence electrons. The molecule has 4 nitrogen and oxygen atoms in total. The number of rotatable bonds is 3. The van der Waals surface area contributed by atoms with Crippen molar-refractivity contribution in [2.45, 2.75) is 31.3 Å². The minimum absolute atomic E-state index is 0.0283. The van der Waals surface area contributed by atoms with Crippen molar-refractivity contribution in [1.82, 2.24) is 4.90 Å².